The summed E-state index contributed by atoms with van der Waals surface area (Å²) < 4.78 is 83.2. The van der Waals surface area contributed by atoms with Gasteiger partial charge < -0.3 is 23.7 Å². The minimum Gasteiger partial charge on any atom is -0.491 e. The standard InChI is InChI=1S/C26H27Cl2F3N4O5S/c27-19-1-6-23(24(28)13-19)25(16-33-8-7-32-18-33)39-15-22(40-25)14-38-21-4-2-20(3-5-21)34-9-11-35(12-10-34)41(36,37)17-26(29,30)31/h1-8,13,18,22H,9-12,14-17H2. The molecule has 0 bridgehead atoms. The molecule has 2 aliphatic rings. The number of alkyl halides is 3. The maximum Gasteiger partial charge on any atom is 0.404 e. The highest BCUT2D eigenvalue weighted by Crippen LogP contribution is 2.40. The number of aromatic nitrogens is 2. The first-order chi connectivity index (χ1) is 19.4. The molecular formula is C26H27Cl2F3N4O5S. The van der Waals surface area contributed by atoms with Gasteiger partial charge in [-0.1, -0.05) is 29.3 Å². The molecule has 1 aromatic heterocycles. The van der Waals surface area contributed by atoms with E-state index in [1.54, 1.807) is 49.1 Å². The van der Waals surface area contributed by atoms with E-state index >= 15 is 0 Å². The smallest absolute Gasteiger partial charge is 0.404 e. The Kier molecular flexibility index (Phi) is 8.74. The van der Waals surface area contributed by atoms with Crippen molar-refractivity contribution in [1.29, 1.82) is 0 Å². The second kappa shape index (κ2) is 12.0. The van der Waals surface area contributed by atoms with Crippen LogP contribution in [-0.2, 0) is 31.8 Å². The average Bonchev–Trinajstić information content (AvgIpc) is 3.57. The predicted molar refractivity (Wildman–Crippen MR) is 147 cm³/mol. The maximum absolute atomic E-state index is 12.6. The number of piperazine rings is 1. The molecular weight excluding hydrogens is 608 g/mol. The molecule has 0 aliphatic carbocycles. The molecule has 0 amide bonds. The van der Waals surface area contributed by atoms with Crippen molar-refractivity contribution in [3.05, 3.63) is 76.8 Å². The Labute approximate surface area is 245 Å². The topological polar surface area (TPSA) is 86.1 Å². The lowest BCUT2D eigenvalue weighted by atomic mass is 10.1. The number of halogens is 5. The summed E-state index contributed by atoms with van der Waals surface area (Å²) >= 11 is 12.6. The molecule has 15 heteroatoms. The highest BCUT2D eigenvalue weighted by molar-refractivity contribution is 7.89. The number of anilines is 1. The first-order valence-electron chi connectivity index (χ1n) is 12.7. The Balaban J connectivity index is 1.17. The first-order valence-corrected chi connectivity index (χ1v) is 15.0. The fourth-order valence-corrected chi connectivity index (χ4v) is 6.71. The van der Waals surface area contributed by atoms with Crippen molar-refractivity contribution < 1.29 is 35.8 Å². The monoisotopic (exact) mass is 634 g/mol. The normalized spacial score (nSPS) is 22.3. The third kappa shape index (κ3) is 7.27. The molecule has 3 heterocycles. The van der Waals surface area contributed by atoms with Crippen molar-refractivity contribution >= 4 is 38.9 Å². The molecule has 5 rings (SSSR count). The van der Waals surface area contributed by atoms with Crippen LogP contribution in [-0.4, -0.2) is 79.7 Å². The number of ether oxygens (including phenoxy) is 3. The lowest BCUT2D eigenvalue weighted by molar-refractivity contribution is -0.189. The number of imidazole rings is 1. The molecule has 2 atom stereocenters. The molecule has 2 aromatic carbocycles. The molecule has 0 spiro atoms. The van der Waals surface area contributed by atoms with Gasteiger partial charge in [0, 0.05) is 54.8 Å². The van der Waals surface area contributed by atoms with E-state index in [4.69, 9.17) is 37.4 Å². The summed E-state index contributed by atoms with van der Waals surface area (Å²) in [6.45, 7) is 1.28. The zero-order valence-electron chi connectivity index (χ0n) is 21.6. The Hall–Kier alpha value is -2.55. The molecule has 2 saturated heterocycles. The van der Waals surface area contributed by atoms with Gasteiger partial charge in [-0.05, 0) is 36.4 Å². The van der Waals surface area contributed by atoms with Gasteiger partial charge in [-0.2, -0.15) is 17.5 Å². The second-order valence-corrected chi connectivity index (χ2v) is 12.5. The molecule has 0 radical (unpaired) electrons. The van der Waals surface area contributed by atoms with Gasteiger partial charge in [0.05, 0.1) is 24.5 Å². The summed E-state index contributed by atoms with van der Waals surface area (Å²) in [4.78, 5) is 6.00. The largest absolute Gasteiger partial charge is 0.491 e. The van der Waals surface area contributed by atoms with E-state index in [0.717, 1.165) is 9.99 Å². The Bertz CT molecular complexity index is 1440. The van der Waals surface area contributed by atoms with E-state index in [-0.39, 0.29) is 39.4 Å². The van der Waals surface area contributed by atoms with Crippen molar-refractivity contribution in [2.75, 3.05) is 50.0 Å². The molecule has 2 unspecified atom stereocenters. The van der Waals surface area contributed by atoms with Gasteiger partial charge in [-0.25, -0.2) is 13.4 Å². The molecule has 2 fully saturated rings. The summed E-state index contributed by atoms with van der Waals surface area (Å²) in [5, 5.41) is 0.903. The highest BCUT2D eigenvalue weighted by atomic mass is 35.5. The molecule has 41 heavy (non-hydrogen) atoms. The van der Waals surface area contributed by atoms with Crippen LogP contribution in [0.25, 0.3) is 0 Å². The van der Waals surface area contributed by atoms with Gasteiger partial charge in [-0.3, -0.25) is 0 Å². The molecule has 0 saturated carbocycles. The van der Waals surface area contributed by atoms with Crippen LogP contribution >= 0.6 is 23.2 Å². The van der Waals surface area contributed by atoms with Gasteiger partial charge >= 0.3 is 6.18 Å². The maximum atomic E-state index is 12.6. The minimum atomic E-state index is -4.77. The summed E-state index contributed by atoms with van der Waals surface area (Å²) in [6.07, 6.45) is -0.0646. The van der Waals surface area contributed by atoms with E-state index in [1.165, 1.54) is 0 Å². The van der Waals surface area contributed by atoms with E-state index in [9.17, 15) is 21.6 Å². The van der Waals surface area contributed by atoms with Crippen LogP contribution in [0.4, 0.5) is 18.9 Å². The third-order valence-electron chi connectivity index (χ3n) is 6.77. The Morgan fingerprint density at radius 3 is 2.44 bits per heavy atom. The molecule has 2 aliphatic heterocycles. The lowest BCUT2D eigenvalue weighted by Gasteiger charge is -2.35. The average molecular weight is 635 g/mol. The van der Waals surface area contributed by atoms with Crippen molar-refractivity contribution in [3.63, 3.8) is 0 Å². The van der Waals surface area contributed by atoms with Crippen molar-refractivity contribution in [3.8, 4) is 5.75 Å². The minimum absolute atomic E-state index is 0.0197. The SMILES string of the molecule is O=S(=O)(CC(F)(F)F)N1CCN(c2ccc(OCC3COC(Cn4ccnc4)(c4ccc(Cl)cc4Cl)O3)cc2)CC1. The summed E-state index contributed by atoms with van der Waals surface area (Å²) in [5.74, 6) is -2.43. The van der Waals surface area contributed by atoms with Gasteiger partial charge in [0.15, 0.2) is 5.75 Å². The van der Waals surface area contributed by atoms with Crippen LogP contribution in [0.15, 0.2) is 61.2 Å². The van der Waals surface area contributed by atoms with Crippen molar-refractivity contribution in [2.24, 2.45) is 0 Å². The van der Waals surface area contributed by atoms with E-state index in [2.05, 4.69) is 4.98 Å². The van der Waals surface area contributed by atoms with Gasteiger partial charge in [0.2, 0.25) is 15.8 Å². The Morgan fingerprint density at radius 2 is 1.80 bits per heavy atom. The van der Waals surface area contributed by atoms with Crippen LogP contribution in [0.2, 0.25) is 10.0 Å². The van der Waals surface area contributed by atoms with Gasteiger partial charge in [0.1, 0.15) is 18.5 Å². The van der Waals surface area contributed by atoms with Crippen molar-refractivity contribution in [2.45, 2.75) is 24.6 Å². The number of hydrogen-bond donors (Lipinski definition) is 0. The lowest BCUT2D eigenvalue weighted by Crippen LogP contribution is -2.50. The van der Waals surface area contributed by atoms with Crippen LogP contribution in [0.5, 0.6) is 5.75 Å². The quantitative estimate of drug-likeness (QED) is 0.341. The van der Waals surface area contributed by atoms with Crippen molar-refractivity contribution in [1.82, 2.24) is 13.9 Å². The van der Waals surface area contributed by atoms with E-state index < -0.39 is 33.8 Å². The van der Waals surface area contributed by atoms with Gasteiger partial charge in [-0.15, -0.1) is 0 Å². The number of benzene rings is 2. The van der Waals surface area contributed by atoms with Crippen LogP contribution in [0, 0.1) is 0 Å². The van der Waals surface area contributed by atoms with Crippen LogP contribution < -0.4 is 9.64 Å². The highest BCUT2D eigenvalue weighted by Gasteiger charge is 2.45. The van der Waals surface area contributed by atoms with E-state index in [0.29, 0.717) is 27.9 Å². The summed E-state index contributed by atoms with van der Waals surface area (Å²) in [7, 11) is -4.39. The zero-order chi connectivity index (χ0) is 29.3. The molecule has 222 valence electrons. The Morgan fingerprint density at radius 1 is 1.07 bits per heavy atom. The van der Waals surface area contributed by atoms with Gasteiger partial charge in [0.25, 0.3) is 0 Å². The number of sulfonamides is 1. The van der Waals surface area contributed by atoms with Crippen LogP contribution in [0.3, 0.4) is 0 Å². The second-order valence-electron chi connectivity index (χ2n) is 9.73. The van der Waals surface area contributed by atoms with Crippen LogP contribution in [0.1, 0.15) is 5.56 Å². The number of rotatable bonds is 9. The number of hydrogen-bond acceptors (Lipinski definition) is 7. The number of nitrogens with zero attached hydrogens (tertiary/aromatic N) is 4. The predicted octanol–water partition coefficient (Wildman–Crippen LogP) is 4.55. The van der Waals surface area contributed by atoms with E-state index in [1.807, 2.05) is 21.6 Å². The molecule has 0 N–H and O–H groups in total. The molecule has 9 nitrogen and oxygen atoms in total. The zero-order valence-corrected chi connectivity index (χ0v) is 24.0. The fourth-order valence-electron chi connectivity index (χ4n) is 4.84. The molecule has 3 aromatic rings. The summed E-state index contributed by atoms with van der Waals surface area (Å²) in [5.41, 5.74) is 1.44. The fraction of sp³-hybridized carbons (Fsp3) is 0.423. The third-order valence-corrected chi connectivity index (χ3v) is 9.16. The summed E-state index contributed by atoms with van der Waals surface area (Å²) in [6, 6.07) is 12.3. The first kappa shape index (κ1) is 29.9.